The van der Waals surface area contributed by atoms with Gasteiger partial charge in [-0.05, 0) is 48.4 Å². The molecule has 1 atom stereocenters. The summed E-state index contributed by atoms with van der Waals surface area (Å²) in [5.74, 6) is 2.31. The summed E-state index contributed by atoms with van der Waals surface area (Å²) in [4.78, 5) is 12.3. The Labute approximate surface area is 108 Å². The van der Waals surface area contributed by atoms with E-state index in [4.69, 9.17) is 4.74 Å². The van der Waals surface area contributed by atoms with Gasteiger partial charge in [0.2, 0.25) is 0 Å². The smallest absolute Gasteiger partial charge is 0.140 e. The Morgan fingerprint density at radius 1 is 1.28 bits per heavy atom. The number of carbonyl (C=O) groups excluding carboxylic acids is 1. The van der Waals surface area contributed by atoms with Gasteiger partial charge in [0.05, 0.1) is 7.11 Å². The highest BCUT2D eigenvalue weighted by Gasteiger charge is 2.32. The molecule has 0 heterocycles. The summed E-state index contributed by atoms with van der Waals surface area (Å²) in [6, 6.07) is 6.23. The Morgan fingerprint density at radius 2 is 2.11 bits per heavy atom. The molecule has 0 saturated heterocycles. The number of methoxy groups -OCH3 is 1. The standard InChI is InChI=1S/C16H20O2/c1-18-13-7-8-14-12(10-13)3-2-4-16(17)15(14)9-11-5-6-11/h7-8,10-11,15H,2-6,9H2,1H3. The fourth-order valence-corrected chi connectivity index (χ4v) is 3.01. The van der Waals surface area contributed by atoms with E-state index in [9.17, 15) is 4.79 Å². The molecule has 0 radical (unpaired) electrons. The van der Waals surface area contributed by atoms with Gasteiger partial charge < -0.3 is 4.74 Å². The number of rotatable bonds is 3. The highest BCUT2D eigenvalue weighted by atomic mass is 16.5. The van der Waals surface area contributed by atoms with Gasteiger partial charge in [-0.1, -0.05) is 18.9 Å². The van der Waals surface area contributed by atoms with E-state index in [1.54, 1.807) is 7.11 Å². The number of benzene rings is 1. The third-order valence-electron chi connectivity index (χ3n) is 4.25. The first kappa shape index (κ1) is 11.8. The van der Waals surface area contributed by atoms with Crippen LogP contribution in [-0.4, -0.2) is 12.9 Å². The fraction of sp³-hybridized carbons (Fsp3) is 0.562. The van der Waals surface area contributed by atoms with Crippen LogP contribution in [0.5, 0.6) is 5.75 Å². The molecule has 1 saturated carbocycles. The van der Waals surface area contributed by atoms with Crippen molar-refractivity contribution in [3.8, 4) is 5.75 Å². The maximum absolute atomic E-state index is 12.3. The lowest BCUT2D eigenvalue weighted by Crippen LogP contribution is -2.12. The van der Waals surface area contributed by atoms with Crippen LogP contribution in [0, 0.1) is 5.92 Å². The van der Waals surface area contributed by atoms with Crippen molar-refractivity contribution >= 4 is 5.78 Å². The molecule has 2 heteroatoms. The Morgan fingerprint density at radius 3 is 2.83 bits per heavy atom. The molecule has 0 N–H and O–H groups in total. The molecule has 3 rings (SSSR count). The van der Waals surface area contributed by atoms with Crippen molar-refractivity contribution in [2.75, 3.05) is 7.11 Å². The lowest BCUT2D eigenvalue weighted by molar-refractivity contribution is -0.120. The Hall–Kier alpha value is -1.31. The van der Waals surface area contributed by atoms with Gasteiger partial charge in [-0.2, -0.15) is 0 Å². The van der Waals surface area contributed by atoms with Crippen molar-refractivity contribution in [2.24, 2.45) is 5.92 Å². The number of hydrogen-bond acceptors (Lipinski definition) is 2. The van der Waals surface area contributed by atoms with Crippen LogP contribution < -0.4 is 4.74 Å². The van der Waals surface area contributed by atoms with Crippen LogP contribution in [0.1, 0.15) is 49.1 Å². The summed E-state index contributed by atoms with van der Waals surface area (Å²) >= 11 is 0. The molecule has 0 bridgehead atoms. The summed E-state index contributed by atoms with van der Waals surface area (Å²) in [6.07, 6.45) is 6.44. The molecular formula is C16H20O2. The monoisotopic (exact) mass is 244 g/mol. The Kier molecular flexibility index (Phi) is 3.11. The minimum Gasteiger partial charge on any atom is -0.497 e. The second-order valence-corrected chi connectivity index (χ2v) is 5.62. The molecule has 1 unspecified atom stereocenters. The largest absolute Gasteiger partial charge is 0.497 e. The van der Waals surface area contributed by atoms with Gasteiger partial charge in [-0.15, -0.1) is 0 Å². The third kappa shape index (κ3) is 2.29. The Bertz CT molecular complexity index is 460. The molecule has 96 valence electrons. The highest BCUT2D eigenvalue weighted by molar-refractivity contribution is 5.86. The lowest BCUT2D eigenvalue weighted by atomic mass is 9.87. The maximum Gasteiger partial charge on any atom is 0.140 e. The van der Waals surface area contributed by atoms with Crippen molar-refractivity contribution in [3.63, 3.8) is 0 Å². The topological polar surface area (TPSA) is 26.3 Å². The predicted octanol–water partition coefficient (Wildman–Crippen LogP) is 3.48. The first-order valence-corrected chi connectivity index (χ1v) is 6.97. The fourth-order valence-electron chi connectivity index (χ4n) is 3.01. The molecule has 1 aromatic rings. The lowest BCUT2D eigenvalue weighted by Gasteiger charge is -2.17. The van der Waals surface area contributed by atoms with Crippen LogP contribution in [0.4, 0.5) is 0 Å². The van der Waals surface area contributed by atoms with E-state index >= 15 is 0 Å². The van der Waals surface area contributed by atoms with Crippen LogP contribution in [0.2, 0.25) is 0 Å². The first-order valence-electron chi connectivity index (χ1n) is 6.97. The van der Waals surface area contributed by atoms with Crippen molar-refractivity contribution in [3.05, 3.63) is 29.3 Å². The average Bonchev–Trinajstić information content (AvgIpc) is 3.20. The van der Waals surface area contributed by atoms with Crippen molar-refractivity contribution in [2.45, 2.75) is 44.4 Å². The molecule has 2 aliphatic carbocycles. The summed E-state index contributed by atoms with van der Waals surface area (Å²) in [6.45, 7) is 0. The molecule has 1 aromatic carbocycles. The van der Waals surface area contributed by atoms with Crippen LogP contribution in [0.25, 0.3) is 0 Å². The van der Waals surface area contributed by atoms with Crippen LogP contribution >= 0.6 is 0 Å². The van der Waals surface area contributed by atoms with Gasteiger partial charge in [0, 0.05) is 12.3 Å². The van der Waals surface area contributed by atoms with Crippen molar-refractivity contribution < 1.29 is 9.53 Å². The zero-order chi connectivity index (χ0) is 12.5. The molecule has 0 spiro atoms. The van der Waals surface area contributed by atoms with E-state index in [0.29, 0.717) is 5.78 Å². The molecule has 2 nitrogen and oxygen atoms in total. The number of Topliss-reactive ketones (excluding diaryl/α,β-unsaturated/α-hetero) is 1. The number of hydrogen-bond donors (Lipinski definition) is 0. The van der Waals surface area contributed by atoms with E-state index in [1.165, 1.54) is 24.0 Å². The van der Waals surface area contributed by atoms with E-state index in [0.717, 1.165) is 37.4 Å². The molecule has 0 aromatic heterocycles. The van der Waals surface area contributed by atoms with E-state index in [1.807, 2.05) is 6.07 Å². The number of aryl methyl sites for hydroxylation is 1. The number of ketones is 1. The van der Waals surface area contributed by atoms with Crippen molar-refractivity contribution in [1.29, 1.82) is 0 Å². The van der Waals surface area contributed by atoms with E-state index in [-0.39, 0.29) is 5.92 Å². The number of fused-ring (bicyclic) bond motifs is 1. The zero-order valence-corrected chi connectivity index (χ0v) is 10.9. The Balaban J connectivity index is 1.95. The van der Waals surface area contributed by atoms with E-state index < -0.39 is 0 Å². The molecule has 18 heavy (non-hydrogen) atoms. The SMILES string of the molecule is COc1ccc2c(c1)CCCC(=O)C2CC1CC1. The number of carbonyl (C=O) groups is 1. The van der Waals surface area contributed by atoms with Crippen LogP contribution in [0.3, 0.4) is 0 Å². The molecular weight excluding hydrogens is 224 g/mol. The van der Waals surface area contributed by atoms with Gasteiger partial charge in [0.15, 0.2) is 0 Å². The zero-order valence-electron chi connectivity index (χ0n) is 10.9. The second-order valence-electron chi connectivity index (χ2n) is 5.62. The summed E-state index contributed by atoms with van der Waals surface area (Å²) in [5.41, 5.74) is 2.59. The van der Waals surface area contributed by atoms with Gasteiger partial charge in [0.25, 0.3) is 0 Å². The molecule has 1 fully saturated rings. The van der Waals surface area contributed by atoms with Gasteiger partial charge in [0.1, 0.15) is 11.5 Å². The van der Waals surface area contributed by atoms with Gasteiger partial charge in [-0.25, -0.2) is 0 Å². The minimum atomic E-state index is 0.154. The quantitative estimate of drug-likeness (QED) is 0.761. The second kappa shape index (κ2) is 4.75. The first-order chi connectivity index (χ1) is 8.78. The van der Waals surface area contributed by atoms with Gasteiger partial charge in [-0.3, -0.25) is 4.79 Å². The number of ether oxygens (including phenoxy) is 1. The van der Waals surface area contributed by atoms with Crippen molar-refractivity contribution in [1.82, 2.24) is 0 Å². The van der Waals surface area contributed by atoms with Gasteiger partial charge >= 0.3 is 0 Å². The predicted molar refractivity (Wildman–Crippen MR) is 71.0 cm³/mol. The molecule has 0 amide bonds. The van der Waals surface area contributed by atoms with Crippen LogP contribution in [-0.2, 0) is 11.2 Å². The molecule has 2 aliphatic rings. The maximum atomic E-state index is 12.3. The third-order valence-corrected chi connectivity index (χ3v) is 4.25. The highest BCUT2D eigenvalue weighted by Crippen LogP contribution is 2.42. The summed E-state index contributed by atoms with van der Waals surface area (Å²) in [7, 11) is 1.70. The normalized spacial score (nSPS) is 23.4. The summed E-state index contributed by atoms with van der Waals surface area (Å²) < 4.78 is 5.29. The van der Waals surface area contributed by atoms with Crippen LogP contribution in [0.15, 0.2) is 18.2 Å². The summed E-state index contributed by atoms with van der Waals surface area (Å²) in [5, 5.41) is 0. The minimum absolute atomic E-state index is 0.154. The average molecular weight is 244 g/mol. The van der Waals surface area contributed by atoms with E-state index in [2.05, 4.69) is 12.1 Å². The molecule has 0 aliphatic heterocycles.